The van der Waals surface area contributed by atoms with Gasteiger partial charge >= 0.3 is 12.4 Å². The van der Waals surface area contributed by atoms with Crippen LogP contribution in [-0.2, 0) is 18.9 Å². The minimum atomic E-state index is -5.00. The van der Waals surface area contributed by atoms with Crippen LogP contribution in [-0.4, -0.2) is 65.9 Å². The zero-order valence-electron chi connectivity index (χ0n) is 20.9. The number of carbonyl (C=O) groups excluding carboxylic acids is 1. The van der Waals surface area contributed by atoms with Gasteiger partial charge in [0.2, 0.25) is 5.95 Å². The zero-order chi connectivity index (χ0) is 28.5. The molecule has 2 heterocycles. The van der Waals surface area contributed by atoms with Crippen LogP contribution in [0, 0.1) is 0 Å². The molecule has 3 aromatic rings. The van der Waals surface area contributed by atoms with Gasteiger partial charge in [0.25, 0.3) is 5.91 Å². The van der Waals surface area contributed by atoms with Crippen molar-refractivity contribution >= 4 is 23.5 Å². The average Bonchev–Trinajstić information content (AvgIpc) is 2.87. The van der Waals surface area contributed by atoms with Crippen molar-refractivity contribution < 1.29 is 31.1 Å². The Labute approximate surface area is 225 Å². The van der Waals surface area contributed by atoms with Gasteiger partial charge < -0.3 is 14.7 Å². The molecule has 0 aliphatic carbocycles. The van der Waals surface area contributed by atoms with Crippen LogP contribution in [0.4, 0.5) is 32.3 Å². The van der Waals surface area contributed by atoms with E-state index < -0.39 is 35.9 Å². The molecule has 1 aromatic heterocycles. The number of anilines is 1. The average molecular weight is 572 g/mol. The van der Waals surface area contributed by atoms with Crippen molar-refractivity contribution in [2.24, 2.45) is 0 Å². The molecule has 0 bridgehead atoms. The second-order valence-electron chi connectivity index (χ2n) is 9.28. The number of likely N-dealkylation sites (N-methyl/N-ethyl adjacent to an activating group) is 1. The summed E-state index contributed by atoms with van der Waals surface area (Å²) in [7, 11) is 3.25. The van der Waals surface area contributed by atoms with Crippen molar-refractivity contribution in [3.05, 3.63) is 76.1 Å². The summed E-state index contributed by atoms with van der Waals surface area (Å²) in [5, 5.41) is 0.317. The molecule has 1 aliphatic rings. The van der Waals surface area contributed by atoms with Crippen molar-refractivity contribution in [3.63, 3.8) is 0 Å². The maximum absolute atomic E-state index is 13.6. The number of aromatic nitrogens is 2. The number of piperazine rings is 1. The number of halogens is 7. The molecule has 0 saturated carbocycles. The summed E-state index contributed by atoms with van der Waals surface area (Å²) >= 11 is 6.36. The smallest absolute Gasteiger partial charge is 0.338 e. The Morgan fingerprint density at radius 1 is 0.949 bits per heavy atom. The molecule has 13 heteroatoms. The van der Waals surface area contributed by atoms with Crippen LogP contribution in [0.5, 0.6) is 0 Å². The quantitative estimate of drug-likeness (QED) is 0.359. The lowest BCUT2D eigenvalue weighted by Gasteiger charge is -2.32. The lowest BCUT2D eigenvalue weighted by Crippen LogP contribution is -2.45. The van der Waals surface area contributed by atoms with Gasteiger partial charge in [0.15, 0.2) is 0 Å². The van der Waals surface area contributed by atoms with E-state index in [0.717, 1.165) is 18.0 Å². The van der Waals surface area contributed by atoms with Crippen LogP contribution < -0.4 is 4.90 Å². The number of amides is 1. The number of hydrogen-bond acceptors (Lipinski definition) is 5. The molecule has 1 amide bonds. The number of benzene rings is 2. The monoisotopic (exact) mass is 571 g/mol. The van der Waals surface area contributed by atoms with Crippen LogP contribution >= 0.6 is 11.6 Å². The lowest BCUT2D eigenvalue weighted by molar-refractivity contribution is -0.143. The fourth-order valence-corrected chi connectivity index (χ4v) is 4.45. The third kappa shape index (κ3) is 6.62. The van der Waals surface area contributed by atoms with Crippen molar-refractivity contribution in [2.75, 3.05) is 45.2 Å². The van der Waals surface area contributed by atoms with Gasteiger partial charge in [0, 0.05) is 62.1 Å². The predicted octanol–water partition coefficient (Wildman–Crippen LogP) is 5.86. The minimum absolute atomic E-state index is 0.0492. The molecule has 4 rings (SSSR count). The molecular weight excluding hydrogens is 548 g/mol. The first-order valence-corrected chi connectivity index (χ1v) is 12.2. The summed E-state index contributed by atoms with van der Waals surface area (Å²) < 4.78 is 80.0. The van der Waals surface area contributed by atoms with Gasteiger partial charge in [-0.15, -0.1) is 0 Å². The second kappa shape index (κ2) is 11.0. The van der Waals surface area contributed by atoms with Crippen LogP contribution in [0.2, 0.25) is 5.02 Å². The Hall–Kier alpha value is -3.38. The lowest BCUT2D eigenvalue weighted by atomic mass is 10.0. The largest absolute Gasteiger partial charge is 0.416 e. The molecule has 1 saturated heterocycles. The Bertz CT molecular complexity index is 1320. The minimum Gasteiger partial charge on any atom is -0.338 e. The summed E-state index contributed by atoms with van der Waals surface area (Å²) in [5.41, 5.74) is -2.57. The Balaban J connectivity index is 1.72. The third-order valence-electron chi connectivity index (χ3n) is 6.34. The van der Waals surface area contributed by atoms with Crippen LogP contribution in [0.25, 0.3) is 11.1 Å². The van der Waals surface area contributed by atoms with Gasteiger partial charge in [0.05, 0.1) is 11.1 Å². The van der Waals surface area contributed by atoms with Gasteiger partial charge in [-0.25, -0.2) is 9.97 Å². The predicted molar refractivity (Wildman–Crippen MR) is 134 cm³/mol. The van der Waals surface area contributed by atoms with Gasteiger partial charge in [-0.1, -0.05) is 29.8 Å². The third-order valence-corrected chi connectivity index (χ3v) is 6.67. The Kier molecular flexibility index (Phi) is 8.08. The van der Waals surface area contributed by atoms with Gasteiger partial charge in [0.1, 0.15) is 5.69 Å². The van der Waals surface area contributed by atoms with Crippen LogP contribution in [0.15, 0.2) is 48.7 Å². The van der Waals surface area contributed by atoms with Crippen molar-refractivity contribution in [1.29, 1.82) is 0 Å². The molecule has 2 aromatic carbocycles. The highest BCUT2D eigenvalue weighted by Gasteiger charge is 2.37. The topological polar surface area (TPSA) is 52.6 Å². The molecule has 0 unspecified atom stereocenters. The van der Waals surface area contributed by atoms with Crippen molar-refractivity contribution in [3.8, 4) is 11.1 Å². The highest BCUT2D eigenvalue weighted by Crippen LogP contribution is 2.37. The van der Waals surface area contributed by atoms with Crippen molar-refractivity contribution in [2.45, 2.75) is 18.9 Å². The number of rotatable bonds is 5. The van der Waals surface area contributed by atoms with Crippen molar-refractivity contribution in [1.82, 2.24) is 19.8 Å². The van der Waals surface area contributed by atoms with Gasteiger partial charge in [-0.05, 0) is 36.9 Å². The van der Waals surface area contributed by atoms with E-state index in [4.69, 9.17) is 11.6 Å². The maximum Gasteiger partial charge on any atom is 0.416 e. The highest BCUT2D eigenvalue weighted by atomic mass is 35.5. The van der Waals surface area contributed by atoms with E-state index in [2.05, 4.69) is 14.9 Å². The molecule has 6 nitrogen and oxygen atoms in total. The summed E-state index contributed by atoms with van der Waals surface area (Å²) in [4.78, 5) is 27.6. The SMILES string of the molecule is CN1CCN(c2ncc(-c3ccccc3Cl)c(C(=O)N(C)Cc3cc(C(F)(F)F)cc(C(F)(F)F)c3)n2)CC1. The molecular formula is C26H24ClF6N5O. The number of alkyl halides is 6. The molecule has 0 N–H and O–H groups in total. The van der Waals surface area contributed by atoms with Crippen LogP contribution in [0.1, 0.15) is 27.2 Å². The first kappa shape index (κ1) is 28.6. The number of hydrogen-bond donors (Lipinski definition) is 0. The number of nitrogens with zero attached hydrogens (tertiary/aromatic N) is 5. The van der Waals surface area contributed by atoms with E-state index in [1.54, 1.807) is 24.3 Å². The fourth-order valence-electron chi connectivity index (χ4n) is 4.21. The first-order chi connectivity index (χ1) is 18.2. The molecule has 0 spiro atoms. The van der Waals surface area contributed by atoms with E-state index in [0.29, 0.717) is 35.8 Å². The summed E-state index contributed by atoms with van der Waals surface area (Å²) in [6.45, 7) is 2.18. The van der Waals surface area contributed by atoms with E-state index in [9.17, 15) is 31.1 Å². The molecule has 39 heavy (non-hydrogen) atoms. The van der Waals surface area contributed by atoms with Gasteiger partial charge in [-0.2, -0.15) is 26.3 Å². The van der Waals surface area contributed by atoms with Gasteiger partial charge in [-0.3, -0.25) is 4.79 Å². The highest BCUT2D eigenvalue weighted by molar-refractivity contribution is 6.33. The molecule has 0 radical (unpaired) electrons. The van der Waals surface area contributed by atoms with Crippen LogP contribution in [0.3, 0.4) is 0 Å². The van der Waals surface area contributed by atoms with E-state index in [1.807, 2.05) is 11.9 Å². The summed E-state index contributed by atoms with van der Waals surface area (Å²) in [6, 6.07) is 7.93. The Morgan fingerprint density at radius 2 is 1.54 bits per heavy atom. The van der Waals surface area contributed by atoms with E-state index >= 15 is 0 Å². The molecule has 0 atom stereocenters. The maximum atomic E-state index is 13.6. The first-order valence-electron chi connectivity index (χ1n) is 11.8. The molecule has 1 aliphatic heterocycles. The number of carbonyl (C=O) groups is 1. The summed E-state index contributed by atoms with van der Waals surface area (Å²) in [5.74, 6) is -0.428. The molecule has 208 valence electrons. The van der Waals surface area contributed by atoms with E-state index in [-0.39, 0.29) is 28.8 Å². The van der Waals surface area contributed by atoms with E-state index in [1.165, 1.54) is 13.2 Å². The second-order valence-corrected chi connectivity index (χ2v) is 9.68. The fraction of sp³-hybridized carbons (Fsp3) is 0.346. The Morgan fingerprint density at radius 3 is 2.10 bits per heavy atom. The normalized spacial score (nSPS) is 14.9. The molecule has 1 fully saturated rings. The zero-order valence-corrected chi connectivity index (χ0v) is 21.7. The standard InChI is InChI=1S/C26H24ClF6N5O/c1-36-7-9-38(10-8-36)24-34-14-20(19-5-3-4-6-21(19)27)22(35-24)23(39)37(2)15-16-11-17(25(28,29)30)13-18(12-16)26(31,32)33/h3-6,11-14H,7-10,15H2,1-2H3. The summed E-state index contributed by atoms with van der Waals surface area (Å²) in [6.07, 6.45) is -8.55.